The van der Waals surface area contributed by atoms with Crippen molar-refractivity contribution in [2.45, 2.75) is 75.8 Å². The second-order valence-electron chi connectivity index (χ2n) is 18.0. The number of unbranched alkanes of at least 4 members (excludes halogenated alkanes) is 2. The van der Waals surface area contributed by atoms with Crippen LogP contribution in [-0.2, 0) is 22.7 Å². The van der Waals surface area contributed by atoms with Gasteiger partial charge in [0.15, 0.2) is 0 Å². The molecule has 18 heteroatoms. The zero-order valence-corrected chi connectivity index (χ0v) is 38.8. The Morgan fingerprint density at radius 2 is 1.56 bits per heavy atom. The largest absolute Gasteiger partial charge is 0.492 e. The number of nitro groups is 2. The number of aliphatic hydroxyl groups is 2. The van der Waals surface area contributed by atoms with Gasteiger partial charge in [-0.3, -0.25) is 30.0 Å². The number of rotatable bonds is 24. The molecule has 0 unspecified atom stereocenters. The number of aliphatic hydroxyl groups excluding tert-OH is 2. The smallest absolute Gasteiger partial charge is 0.416 e. The Balaban J connectivity index is 1.31. The van der Waals surface area contributed by atoms with Crippen LogP contribution in [0.4, 0.5) is 20.6 Å². The number of non-ortho nitro benzene ring substituents is 2. The molecule has 4 aliphatic rings. The summed E-state index contributed by atoms with van der Waals surface area (Å²) in [5, 5.41) is 47.8. The molecule has 1 saturated carbocycles. The predicted molar refractivity (Wildman–Crippen MR) is 256 cm³/mol. The number of hydrogen-bond donors (Lipinski definition) is 2. The summed E-state index contributed by atoms with van der Waals surface area (Å²) in [4.78, 5) is 46.9. The zero-order chi connectivity index (χ0) is 49.2. The van der Waals surface area contributed by atoms with Crippen molar-refractivity contribution in [1.82, 2.24) is 9.80 Å². The van der Waals surface area contributed by atoms with E-state index < -0.39 is 39.5 Å². The number of hydrogen-bond acceptors (Lipinski definition) is 14. The maximum Gasteiger partial charge on any atom is 0.416 e. The molecule has 17 nitrogen and oxygen atoms in total. The van der Waals surface area contributed by atoms with E-state index in [1.807, 2.05) is 18.2 Å². The van der Waals surface area contributed by atoms with Crippen molar-refractivity contribution in [3.05, 3.63) is 158 Å². The quantitative estimate of drug-likeness (QED) is 0.0221. The molecule has 0 radical (unpaired) electrons. The van der Waals surface area contributed by atoms with Gasteiger partial charge in [0, 0.05) is 81.6 Å². The molecule has 4 aromatic carbocycles. The minimum atomic E-state index is -1.68. The highest BCUT2D eigenvalue weighted by Crippen LogP contribution is 2.62. The van der Waals surface area contributed by atoms with Crippen LogP contribution in [0.1, 0.15) is 67.6 Å². The number of halogens is 1. The molecule has 370 valence electrons. The summed E-state index contributed by atoms with van der Waals surface area (Å²) in [6.45, 7) is 7.17. The highest BCUT2D eigenvalue weighted by Gasteiger charge is 2.66. The maximum atomic E-state index is 15.1. The lowest BCUT2D eigenvalue weighted by molar-refractivity contribution is -0.385. The Kier molecular flexibility index (Phi) is 16.2. The number of carbonyl (C=O) groups is 1. The van der Waals surface area contributed by atoms with E-state index in [-0.39, 0.29) is 74.3 Å². The van der Waals surface area contributed by atoms with Gasteiger partial charge < -0.3 is 34.0 Å². The first-order valence-corrected chi connectivity index (χ1v) is 23.8. The minimum Gasteiger partial charge on any atom is -0.492 e. The number of benzene rings is 4. The van der Waals surface area contributed by atoms with E-state index in [9.17, 15) is 34.8 Å². The van der Waals surface area contributed by atoms with Gasteiger partial charge in [-0.25, -0.2) is 9.18 Å². The van der Waals surface area contributed by atoms with Crippen molar-refractivity contribution in [2.75, 3.05) is 46.1 Å². The highest BCUT2D eigenvalue weighted by atomic mass is 19.1. The van der Waals surface area contributed by atoms with Crippen molar-refractivity contribution >= 4 is 23.2 Å². The molecule has 2 aliphatic heterocycles. The monoisotopic (exact) mass is 963 g/mol. The first kappa shape index (κ1) is 49.7. The van der Waals surface area contributed by atoms with Gasteiger partial charge in [0.05, 0.1) is 28.1 Å². The van der Waals surface area contributed by atoms with Gasteiger partial charge in [0.1, 0.15) is 42.3 Å². The zero-order valence-electron chi connectivity index (χ0n) is 38.8. The summed E-state index contributed by atoms with van der Waals surface area (Å²) in [6, 6.07) is 21.5. The molecule has 2 fully saturated rings. The Morgan fingerprint density at radius 1 is 0.900 bits per heavy atom. The van der Waals surface area contributed by atoms with E-state index in [4.69, 9.17) is 28.9 Å². The number of nitro benzene ring substituents is 2. The fourth-order valence-electron chi connectivity index (χ4n) is 10.1. The summed E-state index contributed by atoms with van der Waals surface area (Å²) in [6.07, 6.45) is 6.94. The van der Waals surface area contributed by atoms with E-state index >= 15 is 4.79 Å². The normalized spacial score (nSPS) is 22.7. The third-order valence-electron chi connectivity index (χ3n) is 13.5. The summed E-state index contributed by atoms with van der Waals surface area (Å²) in [7, 11) is 0. The first-order valence-electron chi connectivity index (χ1n) is 23.8. The fourth-order valence-corrected chi connectivity index (χ4v) is 10.1. The molecule has 0 spiro atoms. The van der Waals surface area contributed by atoms with Crippen LogP contribution in [0.5, 0.6) is 17.2 Å². The van der Waals surface area contributed by atoms with E-state index in [0.717, 1.165) is 43.6 Å². The first-order chi connectivity index (χ1) is 34.0. The number of nitrogens with zero attached hydrogens (tertiary/aromatic N) is 5. The van der Waals surface area contributed by atoms with Crippen molar-refractivity contribution in [1.29, 1.82) is 0 Å². The molecule has 2 aliphatic carbocycles. The van der Waals surface area contributed by atoms with Crippen LogP contribution < -0.4 is 14.2 Å². The summed E-state index contributed by atoms with van der Waals surface area (Å²) in [5.41, 5.74) is 3.00. The van der Waals surface area contributed by atoms with Gasteiger partial charge in [-0.1, -0.05) is 42.3 Å². The van der Waals surface area contributed by atoms with Crippen molar-refractivity contribution < 1.29 is 53.0 Å². The molecule has 4 aromatic rings. The Labute approximate surface area is 405 Å². The number of carbonyl (C=O) groups excluding carboxylic acids is 1. The third-order valence-corrected chi connectivity index (χ3v) is 13.5. The van der Waals surface area contributed by atoms with Gasteiger partial charge in [0.2, 0.25) is 5.79 Å². The average Bonchev–Trinajstić information content (AvgIpc) is 4.19. The topological polar surface area (TPSA) is 209 Å². The average molecular weight is 964 g/mol. The van der Waals surface area contributed by atoms with Gasteiger partial charge >= 0.3 is 6.09 Å². The van der Waals surface area contributed by atoms with Crippen LogP contribution in [0.25, 0.3) is 0 Å². The van der Waals surface area contributed by atoms with Crippen molar-refractivity contribution in [3.8, 4) is 17.2 Å². The van der Waals surface area contributed by atoms with Crippen LogP contribution in [0.3, 0.4) is 0 Å². The van der Waals surface area contributed by atoms with Crippen LogP contribution in [-0.4, -0.2) is 99.6 Å². The molecule has 1 amide bonds. The third kappa shape index (κ3) is 11.5. The Morgan fingerprint density at radius 3 is 2.21 bits per heavy atom. The molecule has 6 atom stereocenters. The molecule has 70 heavy (non-hydrogen) atoms. The Hall–Kier alpha value is -6.73. The van der Waals surface area contributed by atoms with E-state index in [2.05, 4.69) is 17.6 Å². The van der Waals surface area contributed by atoms with E-state index in [1.54, 1.807) is 30.3 Å². The van der Waals surface area contributed by atoms with Crippen LogP contribution in [0.15, 0.2) is 120 Å². The number of allylic oxidation sites excluding steroid dienone is 1. The lowest BCUT2D eigenvalue weighted by Crippen LogP contribution is -2.70. The van der Waals surface area contributed by atoms with Crippen LogP contribution in [0, 0.1) is 43.8 Å². The Bertz CT molecular complexity index is 2540. The highest BCUT2D eigenvalue weighted by molar-refractivity contribution is 6.03. The lowest BCUT2D eigenvalue weighted by atomic mass is 9.55. The van der Waals surface area contributed by atoms with Crippen LogP contribution in [0.2, 0.25) is 0 Å². The van der Waals surface area contributed by atoms with Crippen molar-refractivity contribution in [3.63, 3.8) is 0 Å². The summed E-state index contributed by atoms with van der Waals surface area (Å²) in [5.74, 6) is -2.17. The van der Waals surface area contributed by atoms with E-state index in [1.165, 1.54) is 53.4 Å². The molecule has 2 N–H and O–H groups in total. The molecule has 8 rings (SSSR count). The summed E-state index contributed by atoms with van der Waals surface area (Å²) >= 11 is 0. The number of amides is 1. The summed E-state index contributed by atoms with van der Waals surface area (Å²) < 4.78 is 41.3. The molecule has 2 heterocycles. The van der Waals surface area contributed by atoms with Gasteiger partial charge in [-0.05, 0) is 109 Å². The van der Waals surface area contributed by atoms with Gasteiger partial charge in [-0.2, -0.15) is 0 Å². The SMILES string of the molecule is C=CCO[C@@]12Oc3ccc(OCCN4CC4)cc3[C@H]3[C@H](CCCCO)[C@@H](CCCCO)C=C(C(=NOCc4ccc([N+](=O)[O-])cc4)C[C@@H]1N(Cc1ccc(F)cc1)C(=O)Oc1ccc([N+](=O)[O-])cc1)[C@H]32. The maximum absolute atomic E-state index is 15.1. The standard InChI is InChI=1S/C52H58FN5O12/c1-2-28-67-52-48(56(33-35-9-13-38(53)14-10-35)51(61)69-41-19-17-40(18-20-41)58(64)65)32-46(54-68-34-36-11-15-39(16-12-36)57(62)63)44-30-37(7-3-5-26-59)43(8-4-6-27-60)49(50(44)52)45-31-42(21-22-47(45)70-52)66-29-25-55-23-24-55/h2,9-22,30-31,37,43,48-50,59-60H,1,3-8,23-29,32-34H2/t37-,43+,48-,49+,50+,52+/m0/s1. The van der Waals surface area contributed by atoms with E-state index in [0.29, 0.717) is 60.6 Å². The molecule has 0 aromatic heterocycles. The predicted octanol–water partition coefficient (Wildman–Crippen LogP) is 8.87. The van der Waals surface area contributed by atoms with Gasteiger partial charge in [0.25, 0.3) is 11.4 Å². The second kappa shape index (κ2) is 22.8. The fraction of sp³-hybridized carbons (Fsp3) is 0.423. The van der Waals surface area contributed by atoms with Crippen LogP contribution >= 0.6 is 0 Å². The number of fused-ring (bicyclic) bond motifs is 2. The minimum absolute atomic E-state index is 0.0123. The molecule has 1 saturated heterocycles. The van der Waals surface area contributed by atoms with Crippen molar-refractivity contribution in [2.24, 2.45) is 22.9 Å². The number of oxime groups is 1. The molecular weight excluding hydrogens is 906 g/mol. The lowest BCUT2D eigenvalue weighted by Gasteiger charge is -2.59. The number of ether oxygens (including phenoxy) is 4. The van der Waals surface area contributed by atoms with Gasteiger partial charge in [-0.15, -0.1) is 6.58 Å². The second-order valence-corrected chi connectivity index (χ2v) is 18.0. The molecular formula is C52H58FN5O12. The molecule has 0 bridgehead atoms.